The van der Waals surface area contributed by atoms with E-state index < -0.39 is 0 Å². The van der Waals surface area contributed by atoms with Crippen molar-refractivity contribution in [3.05, 3.63) is 23.8 Å². The molecule has 1 aliphatic rings. The Morgan fingerprint density at radius 2 is 2.05 bits per heavy atom. The number of hydrogen-bond acceptors (Lipinski definition) is 4. The molecule has 112 valence electrons. The zero-order valence-electron chi connectivity index (χ0n) is 13.1. The molecule has 0 aliphatic heterocycles. The monoisotopic (exact) mass is 285 g/mol. The maximum atomic E-state index is 4.83. The Morgan fingerprint density at radius 1 is 1.24 bits per heavy atom. The van der Waals surface area contributed by atoms with Crippen LogP contribution in [-0.4, -0.2) is 26.1 Å². The Hall–Kier alpha value is -1.91. The highest BCUT2D eigenvalue weighted by Crippen LogP contribution is 2.29. The summed E-state index contributed by atoms with van der Waals surface area (Å²) in [5.41, 5.74) is 3.51. The second-order valence-electron chi connectivity index (χ2n) is 5.84. The second kappa shape index (κ2) is 5.84. The van der Waals surface area contributed by atoms with Gasteiger partial charge in [-0.1, -0.05) is 0 Å². The van der Waals surface area contributed by atoms with Gasteiger partial charge in [0.15, 0.2) is 5.82 Å². The highest BCUT2D eigenvalue weighted by molar-refractivity contribution is 5.57. The maximum absolute atomic E-state index is 4.83. The minimum Gasteiger partial charge on any atom is -0.370 e. The molecule has 1 N–H and O–H groups in total. The van der Waals surface area contributed by atoms with Gasteiger partial charge in [-0.05, 0) is 46.5 Å². The highest BCUT2D eigenvalue weighted by atomic mass is 15.1. The SMILES string of the molecule is CCNc1nc(-c2cncn2C(C)C)nc2c1CCCC2. The van der Waals surface area contributed by atoms with Gasteiger partial charge in [0.1, 0.15) is 11.5 Å². The number of anilines is 1. The summed E-state index contributed by atoms with van der Waals surface area (Å²) in [5.74, 6) is 1.80. The first-order valence-electron chi connectivity index (χ1n) is 7.86. The average Bonchev–Trinajstić information content (AvgIpc) is 2.97. The van der Waals surface area contributed by atoms with Gasteiger partial charge in [0, 0.05) is 23.8 Å². The van der Waals surface area contributed by atoms with Crippen molar-refractivity contribution in [2.75, 3.05) is 11.9 Å². The van der Waals surface area contributed by atoms with Crippen LogP contribution >= 0.6 is 0 Å². The number of aromatic nitrogens is 4. The summed E-state index contributed by atoms with van der Waals surface area (Å²) in [5, 5.41) is 3.41. The van der Waals surface area contributed by atoms with E-state index in [9.17, 15) is 0 Å². The van der Waals surface area contributed by atoms with Crippen LogP contribution in [-0.2, 0) is 12.8 Å². The molecule has 0 spiro atoms. The molecule has 2 heterocycles. The van der Waals surface area contributed by atoms with Crippen LogP contribution in [0.25, 0.3) is 11.5 Å². The molecule has 0 unspecified atom stereocenters. The highest BCUT2D eigenvalue weighted by Gasteiger charge is 2.20. The van der Waals surface area contributed by atoms with E-state index in [0.29, 0.717) is 6.04 Å². The van der Waals surface area contributed by atoms with E-state index in [2.05, 4.69) is 35.6 Å². The summed E-state index contributed by atoms with van der Waals surface area (Å²) in [6, 6.07) is 0.352. The number of imidazole rings is 1. The van der Waals surface area contributed by atoms with Crippen molar-refractivity contribution in [3.8, 4) is 11.5 Å². The number of fused-ring (bicyclic) bond motifs is 1. The number of nitrogens with zero attached hydrogens (tertiary/aromatic N) is 4. The summed E-state index contributed by atoms with van der Waals surface area (Å²) in [4.78, 5) is 13.9. The van der Waals surface area contributed by atoms with Crippen LogP contribution in [0.4, 0.5) is 5.82 Å². The van der Waals surface area contributed by atoms with Gasteiger partial charge in [0.25, 0.3) is 0 Å². The maximum Gasteiger partial charge on any atom is 0.180 e. The Balaban J connectivity index is 2.10. The predicted octanol–water partition coefficient (Wildman–Crippen LogP) is 3.23. The molecule has 3 rings (SSSR count). The van der Waals surface area contributed by atoms with E-state index in [1.807, 2.05) is 12.5 Å². The van der Waals surface area contributed by atoms with Crippen LogP contribution < -0.4 is 5.32 Å². The van der Waals surface area contributed by atoms with Crippen LogP contribution in [0, 0.1) is 0 Å². The van der Waals surface area contributed by atoms with E-state index in [-0.39, 0.29) is 0 Å². The average molecular weight is 285 g/mol. The van der Waals surface area contributed by atoms with Gasteiger partial charge < -0.3 is 9.88 Å². The van der Waals surface area contributed by atoms with E-state index in [4.69, 9.17) is 9.97 Å². The van der Waals surface area contributed by atoms with Crippen molar-refractivity contribution >= 4 is 5.82 Å². The lowest BCUT2D eigenvalue weighted by Crippen LogP contribution is -2.14. The molecule has 0 aromatic carbocycles. The fourth-order valence-electron chi connectivity index (χ4n) is 2.91. The zero-order chi connectivity index (χ0) is 14.8. The normalized spacial score (nSPS) is 14.3. The number of hydrogen-bond donors (Lipinski definition) is 1. The molecule has 0 saturated carbocycles. The van der Waals surface area contributed by atoms with Crippen molar-refractivity contribution in [2.45, 2.75) is 52.5 Å². The predicted molar refractivity (Wildman–Crippen MR) is 84.4 cm³/mol. The van der Waals surface area contributed by atoms with Crippen molar-refractivity contribution in [1.82, 2.24) is 19.5 Å². The lowest BCUT2D eigenvalue weighted by Gasteiger charge is -2.20. The first kappa shape index (κ1) is 14.0. The molecule has 0 atom stereocenters. The Labute approximate surface area is 125 Å². The summed E-state index contributed by atoms with van der Waals surface area (Å²) in [6.45, 7) is 7.28. The molecular formula is C16H23N5. The molecule has 2 aromatic rings. The Morgan fingerprint density at radius 3 is 2.81 bits per heavy atom. The molecule has 1 aliphatic carbocycles. The molecule has 2 aromatic heterocycles. The molecule has 0 amide bonds. The largest absolute Gasteiger partial charge is 0.370 e. The lowest BCUT2D eigenvalue weighted by molar-refractivity contribution is 0.602. The van der Waals surface area contributed by atoms with Crippen molar-refractivity contribution in [2.24, 2.45) is 0 Å². The van der Waals surface area contributed by atoms with Gasteiger partial charge in [-0.2, -0.15) is 0 Å². The first-order valence-corrected chi connectivity index (χ1v) is 7.86. The smallest absolute Gasteiger partial charge is 0.180 e. The molecule has 0 saturated heterocycles. The fourth-order valence-corrected chi connectivity index (χ4v) is 2.91. The Kier molecular flexibility index (Phi) is 3.90. The van der Waals surface area contributed by atoms with Crippen molar-refractivity contribution in [3.63, 3.8) is 0 Å². The van der Waals surface area contributed by atoms with Gasteiger partial charge in [-0.15, -0.1) is 0 Å². The summed E-state index contributed by atoms with van der Waals surface area (Å²) in [6.07, 6.45) is 8.31. The number of rotatable bonds is 4. The van der Waals surface area contributed by atoms with Crippen LogP contribution in [0.1, 0.15) is 50.9 Å². The van der Waals surface area contributed by atoms with Crippen LogP contribution in [0.3, 0.4) is 0 Å². The molecule has 5 heteroatoms. The molecule has 21 heavy (non-hydrogen) atoms. The van der Waals surface area contributed by atoms with Crippen LogP contribution in [0.2, 0.25) is 0 Å². The van der Waals surface area contributed by atoms with E-state index in [1.165, 1.54) is 24.1 Å². The molecule has 0 bridgehead atoms. The third-order valence-corrected chi connectivity index (χ3v) is 3.98. The molecule has 0 radical (unpaired) electrons. The standard InChI is InChI=1S/C16H23N5/c1-4-18-15-12-7-5-6-8-13(12)19-16(20-15)14-9-17-10-21(14)11(2)3/h9-11H,4-8H2,1-3H3,(H,18,19,20). The van der Waals surface area contributed by atoms with Gasteiger partial charge in [-0.3, -0.25) is 0 Å². The van der Waals surface area contributed by atoms with Gasteiger partial charge >= 0.3 is 0 Å². The minimum absolute atomic E-state index is 0.352. The van der Waals surface area contributed by atoms with Crippen LogP contribution in [0.15, 0.2) is 12.5 Å². The van der Waals surface area contributed by atoms with Crippen molar-refractivity contribution < 1.29 is 0 Å². The lowest BCUT2D eigenvalue weighted by atomic mass is 9.96. The third kappa shape index (κ3) is 2.64. The summed E-state index contributed by atoms with van der Waals surface area (Å²) >= 11 is 0. The van der Waals surface area contributed by atoms with Crippen LogP contribution in [0.5, 0.6) is 0 Å². The molecule has 5 nitrogen and oxygen atoms in total. The van der Waals surface area contributed by atoms with Gasteiger partial charge in [-0.25, -0.2) is 15.0 Å². The Bertz CT molecular complexity index is 630. The molecular weight excluding hydrogens is 262 g/mol. The third-order valence-electron chi connectivity index (χ3n) is 3.98. The molecule has 0 fully saturated rings. The fraction of sp³-hybridized carbons (Fsp3) is 0.562. The van der Waals surface area contributed by atoms with Gasteiger partial charge in [0.05, 0.1) is 12.5 Å². The number of nitrogens with one attached hydrogen (secondary N) is 1. The quantitative estimate of drug-likeness (QED) is 0.937. The summed E-state index contributed by atoms with van der Waals surface area (Å²) in [7, 11) is 0. The minimum atomic E-state index is 0.352. The summed E-state index contributed by atoms with van der Waals surface area (Å²) < 4.78 is 2.13. The first-order chi connectivity index (χ1) is 10.2. The van der Waals surface area contributed by atoms with E-state index in [0.717, 1.165) is 36.7 Å². The van der Waals surface area contributed by atoms with Crippen molar-refractivity contribution in [1.29, 1.82) is 0 Å². The number of aryl methyl sites for hydroxylation is 1. The second-order valence-corrected chi connectivity index (χ2v) is 5.84. The zero-order valence-corrected chi connectivity index (χ0v) is 13.1. The topological polar surface area (TPSA) is 55.6 Å². The van der Waals surface area contributed by atoms with E-state index >= 15 is 0 Å². The van der Waals surface area contributed by atoms with Gasteiger partial charge in [0.2, 0.25) is 0 Å². The van der Waals surface area contributed by atoms with E-state index in [1.54, 1.807) is 0 Å².